The Kier molecular flexibility index (Phi) is 9.66. The van der Waals surface area contributed by atoms with Gasteiger partial charge in [-0.3, -0.25) is 0 Å². The van der Waals surface area contributed by atoms with Gasteiger partial charge >= 0.3 is 0 Å². The van der Waals surface area contributed by atoms with Crippen LogP contribution in [0.3, 0.4) is 0 Å². The van der Waals surface area contributed by atoms with Crippen molar-refractivity contribution < 1.29 is 15.7 Å². The highest BCUT2D eigenvalue weighted by Gasteiger charge is 2.50. The zero-order valence-electron chi connectivity index (χ0n) is 54.2. The van der Waals surface area contributed by atoms with E-state index < -0.39 is 24.8 Å². The van der Waals surface area contributed by atoms with Crippen LogP contribution in [0.4, 0.5) is 51.2 Å². The average molecular weight is 1060 g/mol. The van der Waals surface area contributed by atoms with Crippen molar-refractivity contribution in [2.24, 2.45) is 0 Å². The van der Waals surface area contributed by atoms with Crippen molar-refractivity contribution >= 4 is 107 Å². The second-order valence-corrected chi connectivity index (χ2v) is 28.4. The molecule has 402 valence electrons. The van der Waals surface area contributed by atoms with Crippen LogP contribution in [0.2, 0.25) is 0 Å². The quantitative estimate of drug-likeness (QED) is 0.161. The molecule has 0 saturated heterocycles. The average Bonchev–Trinajstić information content (AvgIpc) is 1.69. The first-order valence-electron chi connectivity index (χ1n) is 31.5. The number of benzene rings is 8. The fraction of sp³-hybridized carbons (Fsp3) is 0.324. The summed E-state index contributed by atoms with van der Waals surface area (Å²) in [5, 5.41) is 3.09. The number of hydrogen-bond donors (Lipinski definition) is 0. The Balaban J connectivity index is 1.19. The van der Waals surface area contributed by atoms with Crippen molar-refractivity contribution in [3.8, 4) is 0 Å². The van der Waals surface area contributed by atoms with Crippen molar-refractivity contribution in [1.82, 2.24) is 0 Å². The van der Waals surface area contributed by atoms with E-state index >= 15 is 0 Å². The Hall–Kier alpha value is -7.44. The van der Waals surface area contributed by atoms with Crippen LogP contribution in [0.25, 0.3) is 32.9 Å². The Labute approximate surface area is 481 Å². The van der Waals surface area contributed by atoms with Gasteiger partial charge in [-0.2, -0.15) is 0 Å². The van der Waals surface area contributed by atoms with Crippen LogP contribution in [0, 0.1) is 0 Å². The summed E-state index contributed by atoms with van der Waals surface area (Å²) in [6.07, 6.45) is 4.18. The van der Waals surface area contributed by atoms with Crippen LogP contribution in [-0.2, 0) is 32.5 Å². The molecule has 0 N–H and O–H groups in total. The predicted molar refractivity (Wildman–Crippen MR) is 340 cm³/mol. The van der Waals surface area contributed by atoms with E-state index in [2.05, 4.69) is 204 Å². The lowest BCUT2D eigenvalue weighted by Gasteiger charge is -2.47. The molecular weight excluding hydrogens is 974 g/mol. The molecule has 0 amide bonds. The summed E-state index contributed by atoms with van der Waals surface area (Å²) in [7, 11) is 0. The highest BCUT2D eigenvalue weighted by Crippen LogP contribution is 2.56. The van der Waals surface area contributed by atoms with Gasteiger partial charge in [-0.05, 0) is 187 Å². The van der Waals surface area contributed by atoms with Crippen LogP contribution in [0.1, 0.15) is 163 Å². The number of anilines is 9. The second-order valence-electron chi connectivity index (χ2n) is 28.4. The zero-order valence-corrected chi connectivity index (χ0v) is 49.2. The van der Waals surface area contributed by atoms with E-state index in [4.69, 9.17) is 12.9 Å². The van der Waals surface area contributed by atoms with E-state index in [9.17, 15) is 2.74 Å². The molecule has 80 heavy (non-hydrogen) atoms. The number of furan rings is 2. The third-order valence-electron chi connectivity index (χ3n) is 19.1. The van der Waals surface area contributed by atoms with Gasteiger partial charge in [0, 0.05) is 50.3 Å². The van der Waals surface area contributed by atoms with Gasteiger partial charge in [0.15, 0.2) is 5.58 Å². The standard InChI is InChI=1S/C74H76BN3O2/c1-69(2,3)45-28-31-49(32-29-45)77-61-39-50(76(47-22-17-15-18-23-47)48-24-19-16-20-25-48)40-62-65(61)75(68-66(77)53-41-54-57(44-64(53)80-68)74(13,14)37-34-71(54,7)8)58-42-55-56(73(11,12)36-35-72(55,9)10)43-60(58)78(62)59-27-21-26-51-52-38-46(70(4,5)6)30-33-63(52)79-67(51)59/h15-33,38-44H,34-37H2,1-14H3/i15D,17D,18D,22D,23D. The molecule has 4 aliphatic rings. The predicted octanol–water partition coefficient (Wildman–Crippen LogP) is 19.2. The second kappa shape index (κ2) is 17.1. The van der Waals surface area contributed by atoms with E-state index in [1.165, 1.54) is 33.4 Å². The maximum atomic E-state index is 9.71. The molecule has 0 saturated carbocycles. The van der Waals surface area contributed by atoms with Crippen molar-refractivity contribution in [3.05, 3.63) is 191 Å². The molecule has 0 fully saturated rings. The summed E-state index contributed by atoms with van der Waals surface area (Å²) in [5.41, 5.74) is 19.3. The van der Waals surface area contributed by atoms with E-state index in [1.54, 1.807) is 0 Å². The molecule has 2 aliphatic heterocycles. The van der Waals surface area contributed by atoms with Crippen molar-refractivity contribution in [3.63, 3.8) is 0 Å². The third kappa shape index (κ3) is 7.63. The van der Waals surface area contributed by atoms with Gasteiger partial charge in [0.1, 0.15) is 11.2 Å². The zero-order chi connectivity index (χ0) is 60.1. The van der Waals surface area contributed by atoms with Gasteiger partial charge in [-0.15, -0.1) is 0 Å². The minimum atomic E-state index is -0.445. The molecule has 0 bridgehead atoms. The number of rotatable bonds is 5. The minimum absolute atomic E-state index is 0.0542. The largest absolute Gasteiger partial charge is 0.468 e. The normalized spacial score (nSPS) is 18.4. The van der Waals surface area contributed by atoms with Crippen LogP contribution >= 0.6 is 0 Å². The SMILES string of the molecule is [2H]c1c([2H])c([2H])c(N(c2ccccc2)c2cc3c4c(c2)N(c2cccc5c2oc2ccc(C(C)(C)C)cc25)c2cc5c(cc2B4c2oc4cc6c(cc4c2N3c2ccc(C(C)(C)C)cc2)C(C)(C)CCC6(C)C)C(C)(C)CCC5(C)C)c([2H])c1[2H]. The number of nitrogens with zero attached hydrogens (tertiary/aromatic N) is 3. The maximum absolute atomic E-state index is 9.71. The van der Waals surface area contributed by atoms with E-state index in [0.717, 1.165) is 109 Å². The van der Waals surface area contributed by atoms with Crippen LogP contribution in [-0.4, -0.2) is 6.71 Å². The van der Waals surface area contributed by atoms with E-state index in [1.807, 2.05) is 35.2 Å². The van der Waals surface area contributed by atoms with Crippen LogP contribution in [0.15, 0.2) is 166 Å². The van der Waals surface area contributed by atoms with Crippen LogP contribution < -0.4 is 31.3 Å². The summed E-state index contributed by atoms with van der Waals surface area (Å²) in [6, 6.07) is 44.2. The van der Waals surface area contributed by atoms with Gasteiger partial charge in [-0.25, -0.2) is 0 Å². The smallest absolute Gasteiger partial charge is 0.297 e. The first kappa shape index (κ1) is 45.3. The summed E-state index contributed by atoms with van der Waals surface area (Å²) in [4.78, 5) is 6.71. The first-order valence-corrected chi connectivity index (χ1v) is 29.0. The van der Waals surface area contributed by atoms with Gasteiger partial charge in [0.25, 0.3) is 6.71 Å². The lowest BCUT2D eigenvalue weighted by atomic mass is 9.35. The molecule has 8 aromatic carbocycles. The molecule has 10 aromatic rings. The topological polar surface area (TPSA) is 36.0 Å². The monoisotopic (exact) mass is 1050 g/mol. The third-order valence-corrected chi connectivity index (χ3v) is 19.1. The Bertz CT molecular complexity index is 4450. The number of para-hydroxylation sites is 3. The van der Waals surface area contributed by atoms with Crippen molar-refractivity contribution in [1.29, 1.82) is 0 Å². The lowest BCUT2D eigenvalue weighted by molar-refractivity contribution is 0.332. The summed E-state index contributed by atoms with van der Waals surface area (Å²) < 4.78 is 61.5. The fourth-order valence-corrected chi connectivity index (χ4v) is 14.1. The van der Waals surface area contributed by atoms with Gasteiger partial charge in [-0.1, -0.05) is 170 Å². The molecule has 0 atom stereocenters. The van der Waals surface area contributed by atoms with Crippen molar-refractivity contribution in [2.45, 2.75) is 155 Å². The first-order chi connectivity index (χ1) is 40.0. The Morgan fingerprint density at radius 1 is 0.475 bits per heavy atom. The molecule has 14 rings (SSSR count). The van der Waals surface area contributed by atoms with E-state index in [-0.39, 0.29) is 50.3 Å². The molecular formula is C74H76BN3O2. The Morgan fingerprint density at radius 2 is 1.06 bits per heavy atom. The number of hydrogen-bond acceptors (Lipinski definition) is 5. The summed E-state index contributed by atoms with van der Waals surface area (Å²) >= 11 is 0. The fourth-order valence-electron chi connectivity index (χ4n) is 14.1. The minimum Gasteiger partial charge on any atom is -0.468 e. The lowest BCUT2D eigenvalue weighted by Crippen LogP contribution is -2.61. The molecule has 5 nitrogen and oxygen atoms in total. The molecule has 2 aromatic heterocycles. The summed E-state index contributed by atoms with van der Waals surface area (Å²) in [5.74, 6) is 0. The van der Waals surface area contributed by atoms with Crippen molar-refractivity contribution in [2.75, 3.05) is 14.7 Å². The Morgan fingerprint density at radius 3 is 1.70 bits per heavy atom. The molecule has 0 unspecified atom stereocenters. The molecule has 4 heterocycles. The molecule has 0 spiro atoms. The number of fused-ring (bicyclic) bond motifs is 11. The highest BCUT2D eigenvalue weighted by atomic mass is 16.3. The molecule has 0 radical (unpaired) electrons. The van der Waals surface area contributed by atoms with E-state index in [0.29, 0.717) is 11.4 Å². The van der Waals surface area contributed by atoms with Gasteiger partial charge < -0.3 is 23.5 Å². The van der Waals surface area contributed by atoms with Gasteiger partial charge in [0.05, 0.1) is 29.6 Å². The van der Waals surface area contributed by atoms with Gasteiger partial charge in [0.2, 0.25) is 0 Å². The molecule has 2 aliphatic carbocycles. The molecule has 6 heteroatoms. The highest BCUT2D eigenvalue weighted by molar-refractivity contribution is 7.00. The summed E-state index contributed by atoms with van der Waals surface area (Å²) in [6.45, 7) is 32.2. The van der Waals surface area contributed by atoms with Crippen LogP contribution in [0.5, 0.6) is 0 Å². The maximum Gasteiger partial charge on any atom is 0.297 e.